The summed E-state index contributed by atoms with van der Waals surface area (Å²) in [6, 6.07) is 4.58. The van der Waals surface area contributed by atoms with Crippen LogP contribution in [0.15, 0.2) is 22.7 Å². The molecule has 0 amide bonds. The second-order valence-electron chi connectivity index (χ2n) is 8.83. The molecule has 0 bridgehead atoms. The van der Waals surface area contributed by atoms with Crippen LogP contribution in [0.3, 0.4) is 0 Å². The van der Waals surface area contributed by atoms with Crippen LogP contribution < -0.4 is 9.47 Å². The maximum Gasteiger partial charge on any atom is 0.422 e. The van der Waals surface area contributed by atoms with E-state index in [4.69, 9.17) is 23.5 Å². The molecule has 0 spiro atoms. The molecular weight excluding hydrogens is 457 g/mol. The summed E-state index contributed by atoms with van der Waals surface area (Å²) in [7, 11) is 1.42. The molecule has 8 nitrogen and oxygen atoms in total. The van der Waals surface area contributed by atoms with Crippen molar-refractivity contribution in [3.63, 3.8) is 0 Å². The molecule has 34 heavy (non-hydrogen) atoms. The summed E-state index contributed by atoms with van der Waals surface area (Å²) in [4.78, 5) is 14.4. The van der Waals surface area contributed by atoms with E-state index in [1.165, 1.54) is 13.2 Å². The molecule has 3 heterocycles. The van der Waals surface area contributed by atoms with Gasteiger partial charge in [0.05, 0.1) is 26.2 Å². The highest BCUT2D eigenvalue weighted by Crippen LogP contribution is 2.35. The van der Waals surface area contributed by atoms with Gasteiger partial charge in [0, 0.05) is 19.1 Å². The van der Waals surface area contributed by atoms with Gasteiger partial charge in [-0.3, -0.25) is 4.79 Å². The van der Waals surface area contributed by atoms with Gasteiger partial charge >= 0.3 is 12.1 Å². The fourth-order valence-electron chi connectivity index (χ4n) is 4.62. The summed E-state index contributed by atoms with van der Waals surface area (Å²) in [5.41, 5.74) is 0.305. The van der Waals surface area contributed by atoms with Crippen LogP contribution in [-0.2, 0) is 14.3 Å². The number of ether oxygens (including phenoxy) is 4. The number of rotatable bonds is 8. The maximum atomic E-state index is 12.6. The van der Waals surface area contributed by atoms with E-state index in [1.807, 2.05) is 0 Å². The van der Waals surface area contributed by atoms with Crippen molar-refractivity contribution in [3.8, 4) is 11.6 Å². The summed E-state index contributed by atoms with van der Waals surface area (Å²) in [5.74, 6) is 0.242. The number of fused-ring (bicyclic) bond motifs is 1. The Labute approximate surface area is 195 Å². The average Bonchev–Trinajstić information content (AvgIpc) is 3.25. The number of methoxy groups -OCH3 is 1. The highest BCUT2D eigenvalue weighted by molar-refractivity contribution is 5.88. The van der Waals surface area contributed by atoms with Crippen molar-refractivity contribution >= 4 is 16.9 Å². The third-order valence-electron chi connectivity index (χ3n) is 6.45. The van der Waals surface area contributed by atoms with Crippen LogP contribution in [0, 0.1) is 17.8 Å². The molecule has 188 valence electrons. The van der Waals surface area contributed by atoms with Crippen LogP contribution >= 0.6 is 0 Å². The van der Waals surface area contributed by atoms with E-state index in [2.05, 4.69) is 10.1 Å². The number of esters is 1. The maximum absolute atomic E-state index is 12.6. The van der Waals surface area contributed by atoms with Crippen molar-refractivity contribution in [3.05, 3.63) is 18.2 Å². The molecule has 2 aliphatic rings. The second-order valence-corrected chi connectivity index (χ2v) is 8.83. The SMILES string of the molecule is COC(=O)C1CCOCC1CN1CCC(COc2noc3cccc(OCC(F)(F)F)c23)CC1. The summed E-state index contributed by atoms with van der Waals surface area (Å²) in [6.07, 6.45) is -1.98. The zero-order valence-corrected chi connectivity index (χ0v) is 19.0. The van der Waals surface area contributed by atoms with Crippen LogP contribution in [0.25, 0.3) is 11.0 Å². The van der Waals surface area contributed by atoms with E-state index in [-0.39, 0.29) is 35.4 Å². The molecule has 0 saturated carbocycles. The average molecular weight is 486 g/mol. The summed E-state index contributed by atoms with van der Waals surface area (Å²) < 4.78 is 64.3. The molecular formula is C23H29F3N2O6. The fraction of sp³-hybridized carbons (Fsp3) is 0.652. The number of halogens is 3. The van der Waals surface area contributed by atoms with Gasteiger partial charge in [-0.05, 0) is 55.6 Å². The Balaban J connectivity index is 1.29. The first-order valence-electron chi connectivity index (χ1n) is 11.4. The second kappa shape index (κ2) is 10.8. The lowest BCUT2D eigenvalue weighted by Gasteiger charge is -2.37. The third-order valence-corrected chi connectivity index (χ3v) is 6.45. The van der Waals surface area contributed by atoms with Crippen LogP contribution in [0.2, 0.25) is 0 Å². The van der Waals surface area contributed by atoms with Crippen molar-refractivity contribution in [2.24, 2.45) is 17.8 Å². The Kier molecular flexibility index (Phi) is 7.82. The highest BCUT2D eigenvalue weighted by Gasteiger charge is 2.34. The highest BCUT2D eigenvalue weighted by atomic mass is 19.4. The molecule has 0 aliphatic carbocycles. The number of nitrogens with zero attached hydrogens (tertiary/aromatic N) is 2. The number of hydrogen-bond donors (Lipinski definition) is 0. The first-order valence-corrected chi connectivity index (χ1v) is 11.4. The molecule has 1 aromatic heterocycles. The standard InChI is InChI=1S/C23H29F3N2O6/c1-30-22(29)17-7-10-31-13-16(17)11-28-8-5-15(6-9-28)12-32-21-20-18(33-14-23(24,25)26)3-2-4-19(20)34-27-21/h2-4,15-17H,5-14H2,1H3. The molecule has 2 fully saturated rings. The predicted molar refractivity (Wildman–Crippen MR) is 115 cm³/mol. The van der Waals surface area contributed by atoms with E-state index >= 15 is 0 Å². The number of piperidine rings is 1. The summed E-state index contributed by atoms with van der Waals surface area (Å²) in [6.45, 7) is 2.60. The van der Waals surface area contributed by atoms with E-state index in [0.29, 0.717) is 37.2 Å². The molecule has 2 aliphatic heterocycles. The zero-order valence-electron chi connectivity index (χ0n) is 19.0. The lowest BCUT2D eigenvalue weighted by molar-refractivity contribution is -0.153. The quantitative estimate of drug-likeness (QED) is 0.523. The molecule has 2 unspecified atom stereocenters. The first kappa shape index (κ1) is 24.6. The van der Waals surface area contributed by atoms with Gasteiger partial charge in [0.2, 0.25) is 0 Å². The third kappa shape index (κ3) is 6.12. The first-order chi connectivity index (χ1) is 16.3. The number of carbonyl (C=O) groups is 1. The van der Waals surface area contributed by atoms with Crippen molar-refractivity contribution in [2.45, 2.75) is 25.4 Å². The van der Waals surface area contributed by atoms with Gasteiger partial charge < -0.3 is 28.4 Å². The number of benzene rings is 1. The Hall–Kier alpha value is -2.53. The number of hydrogen-bond acceptors (Lipinski definition) is 8. The van der Waals surface area contributed by atoms with E-state index in [9.17, 15) is 18.0 Å². The van der Waals surface area contributed by atoms with Gasteiger partial charge in [-0.25, -0.2) is 0 Å². The van der Waals surface area contributed by atoms with Gasteiger partial charge in [-0.1, -0.05) is 6.07 Å². The Bertz CT molecular complexity index is 958. The topological polar surface area (TPSA) is 83.3 Å². The van der Waals surface area contributed by atoms with Crippen LogP contribution in [0.5, 0.6) is 11.6 Å². The van der Waals surface area contributed by atoms with Gasteiger partial charge in [-0.15, -0.1) is 0 Å². The largest absolute Gasteiger partial charge is 0.483 e. The minimum atomic E-state index is -4.45. The van der Waals surface area contributed by atoms with Crippen LogP contribution in [-0.4, -0.2) is 75.4 Å². The summed E-state index contributed by atoms with van der Waals surface area (Å²) in [5, 5.41) is 4.18. The lowest BCUT2D eigenvalue weighted by Crippen LogP contribution is -2.44. The number of alkyl halides is 3. The number of aromatic nitrogens is 1. The monoisotopic (exact) mass is 486 g/mol. The fourth-order valence-corrected chi connectivity index (χ4v) is 4.62. The molecule has 2 atom stereocenters. The Morgan fingerprint density at radius 2 is 2.00 bits per heavy atom. The number of likely N-dealkylation sites (tertiary alicyclic amines) is 1. The van der Waals surface area contributed by atoms with Crippen molar-refractivity contribution in [1.82, 2.24) is 10.1 Å². The van der Waals surface area contributed by atoms with Gasteiger partial charge in [0.25, 0.3) is 5.88 Å². The molecule has 2 saturated heterocycles. The molecule has 2 aromatic rings. The molecule has 11 heteroatoms. The normalized spacial score (nSPS) is 22.6. The van der Waals surface area contributed by atoms with Crippen LogP contribution in [0.1, 0.15) is 19.3 Å². The zero-order chi connectivity index (χ0) is 24.1. The minimum Gasteiger partial charge on any atom is -0.483 e. The summed E-state index contributed by atoms with van der Waals surface area (Å²) >= 11 is 0. The Morgan fingerprint density at radius 1 is 1.21 bits per heavy atom. The Morgan fingerprint density at radius 3 is 2.74 bits per heavy atom. The molecule has 1 aromatic carbocycles. The molecule has 4 rings (SSSR count). The molecule has 0 N–H and O–H groups in total. The van der Waals surface area contributed by atoms with Crippen molar-refractivity contribution in [2.75, 3.05) is 53.2 Å². The molecule has 0 radical (unpaired) electrons. The van der Waals surface area contributed by atoms with Gasteiger partial charge in [-0.2, -0.15) is 13.2 Å². The van der Waals surface area contributed by atoms with Crippen molar-refractivity contribution < 1.29 is 41.4 Å². The smallest absolute Gasteiger partial charge is 0.422 e. The lowest BCUT2D eigenvalue weighted by atomic mass is 9.87. The van der Waals surface area contributed by atoms with Gasteiger partial charge in [0.15, 0.2) is 12.2 Å². The van der Waals surface area contributed by atoms with Crippen molar-refractivity contribution in [1.29, 1.82) is 0 Å². The van der Waals surface area contributed by atoms with E-state index in [1.54, 1.807) is 12.1 Å². The number of carbonyl (C=O) groups excluding carboxylic acids is 1. The van der Waals surface area contributed by atoms with E-state index < -0.39 is 12.8 Å². The van der Waals surface area contributed by atoms with E-state index in [0.717, 1.165) is 32.5 Å². The van der Waals surface area contributed by atoms with Crippen LogP contribution in [0.4, 0.5) is 13.2 Å². The minimum absolute atomic E-state index is 0.0238. The predicted octanol–water partition coefficient (Wildman–Crippen LogP) is 3.69. The van der Waals surface area contributed by atoms with Gasteiger partial charge in [0.1, 0.15) is 11.1 Å².